The van der Waals surface area contributed by atoms with Gasteiger partial charge in [-0.2, -0.15) is 0 Å². The van der Waals surface area contributed by atoms with E-state index in [0.717, 1.165) is 12.0 Å². The zero-order valence-corrected chi connectivity index (χ0v) is 8.97. The lowest BCUT2D eigenvalue weighted by Crippen LogP contribution is -2.33. The molecule has 2 nitrogen and oxygen atoms in total. The Hall–Kier alpha value is -1.19. The van der Waals surface area contributed by atoms with Crippen LogP contribution in [0.25, 0.3) is 0 Å². The molecule has 3 unspecified atom stereocenters. The van der Waals surface area contributed by atoms with E-state index < -0.39 is 6.29 Å². The molecule has 3 atom stereocenters. The first-order chi connectivity index (χ1) is 7.72. The third-order valence-electron chi connectivity index (χ3n) is 3.07. The second-order valence-electron chi connectivity index (χ2n) is 4.03. The van der Waals surface area contributed by atoms with E-state index in [-0.39, 0.29) is 17.7 Å². The van der Waals surface area contributed by atoms with Crippen molar-refractivity contribution in [2.45, 2.75) is 18.6 Å². The molecule has 0 aromatic heterocycles. The van der Waals surface area contributed by atoms with Crippen molar-refractivity contribution in [3.8, 4) is 0 Å². The minimum atomic E-state index is -0.831. The molecule has 0 bridgehead atoms. The number of benzene rings is 1. The van der Waals surface area contributed by atoms with Gasteiger partial charge in [0.25, 0.3) is 0 Å². The largest absolute Gasteiger partial charge is 0.367 e. The summed E-state index contributed by atoms with van der Waals surface area (Å²) in [4.78, 5) is 0. The quantitative estimate of drug-likeness (QED) is 0.779. The van der Waals surface area contributed by atoms with Gasteiger partial charge in [0.15, 0.2) is 6.29 Å². The molecule has 0 saturated carbocycles. The summed E-state index contributed by atoms with van der Waals surface area (Å²) in [5.74, 6) is -0.244. The number of allylic oxidation sites excluding steroid dienone is 1. The van der Waals surface area contributed by atoms with E-state index in [0.29, 0.717) is 6.61 Å². The fraction of sp³-hybridized carbons (Fsp3) is 0.385. The minimum absolute atomic E-state index is 0.146. The molecule has 86 valence electrons. The summed E-state index contributed by atoms with van der Waals surface area (Å²) in [5.41, 5.74) is 0.888. The van der Waals surface area contributed by atoms with E-state index in [2.05, 4.69) is 6.58 Å². The average molecular weight is 222 g/mol. The highest BCUT2D eigenvalue weighted by atomic mass is 19.1. The highest BCUT2D eigenvalue weighted by Gasteiger charge is 2.32. The zero-order chi connectivity index (χ0) is 11.5. The molecule has 1 heterocycles. The van der Waals surface area contributed by atoms with Gasteiger partial charge in [-0.05, 0) is 30.0 Å². The van der Waals surface area contributed by atoms with Crippen LogP contribution in [-0.2, 0) is 4.74 Å². The van der Waals surface area contributed by atoms with Gasteiger partial charge in [-0.25, -0.2) is 4.39 Å². The monoisotopic (exact) mass is 222 g/mol. The molecule has 0 amide bonds. The molecule has 0 aliphatic carbocycles. The number of hydrogen-bond donors (Lipinski definition) is 1. The Balaban J connectivity index is 2.27. The predicted octanol–water partition coefficient (Wildman–Crippen LogP) is 2.45. The second-order valence-corrected chi connectivity index (χ2v) is 4.03. The van der Waals surface area contributed by atoms with Gasteiger partial charge in [0, 0.05) is 5.92 Å². The first-order valence-corrected chi connectivity index (χ1v) is 5.40. The van der Waals surface area contributed by atoms with Crippen molar-refractivity contribution in [3.63, 3.8) is 0 Å². The molecule has 0 spiro atoms. The van der Waals surface area contributed by atoms with Crippen molar-refractivity contribution in [1.82, 2.24) is 0 Å². The van der Waals surface area contributed by atoms with Gasteiger partial charge in [-0.15, -0.1) is 6.58 Å². The number of ether oxygens (including phenoxy) is 1. The van der Waals surface area contributed by atoms with Crippen LogP contribution in [-0.4, -0.2) is 18.0 Å². The molecule has 3 heteroatoms. The SMILES string of the molecule is C=CC1CCOC(O)C1c1ccc(F)cc1. The second kappa shape index (κ2) is 4.76. The van der Waals surface area contributed by atoms with Crippen LogP contribution < -0.4 is 0 Å². The third-order valence-corrected chi connectivity index (χ3v) is 3.07. The van der Waals surface area contributed by atoms with Crippen LogP contribution in [0, 0.1) is 11.7 Å². The lowest BCUT2D eigenvalue weighted by atomic mass is 9.82. The fourth-order valence-corrected chi connectivity index (χ4v) is 2.18. The summed E-state index contributed by atoms with van der Waals surface area (Å²) in [7, 11) is 0. The first kappa shape index (κ1) is 11.3. The lowest BCUT2D eigenvalue weighted by Gasteiger charge is -2.34. The number of aliphatic hydroxyl groups is 1. The molecule has 16 heavy (non-hydrogen) atoms. The van der Waals surface area contributed by atoms with E-state index in [1.807, 2.05) is 6.08 Å². The Morgan fingerprint density at radius 2 is 2.06 bits per heavy atom. The van der Waals surface area contributed by atoms with Gasteiger partial charge in [0.05, 0.1) is 6.61 Å². The third kappa shape index (κ3) is 2.15. The Labute approximate surface area is 94.4 Å². The lowest BCUT2D eigenvalue weighted by molar-refractivity contribution is -0.148. The average Bonchev–Trinajstić information content (AvgIpc) is 2.30. The van der Waals surface area contributed by atoms with Crippen LogP contribution in [0.15, 0.2) is 36.9 Å². The Kier molecular flexibility index (Phi) is 3.36. The van der Waals surface area contributed by atoms with Crippen LogP contribution in [0.3, 0.4) is 0 Å². The molecule has 1 aliphatic heterocycles. The number of rotatable bonds is 2. The highest BCUT2D eigenvalue weighted by Crippen LogP contribution is 2.35. The maximum Gasteiger partial charge on any atom is 0.161 e. The first-order valence-electron chi connectivity index (χ1n) is 5.40. The van der Waals surface area contributed by atoms with Gasteiger partial charge < -0.3 is 9.84 Å². The van der Waals surface area contributed by atoms with Crippen LogP contribution in [0.1, 0.15) is 17.9 Å². The molecule has 1 aliphatic rings. The maximum atomic E-state index is 12.8. The summed E-state index contributed by atoms with van der Waals surface area (Å²) in [6.45, 7) is 4.31. The van der Waals surface area contributed by atoms with E-state index >= 15 is 0 Å². The van der Waals surface area contributed by atoms with Crippen LogP contribution in [0.5, 0.6) is 0 Å². The number of hydrogen-bond acceptors (Lipinski definition) is 2. The molecule has 1 saturated heterocycles. The summed E-state index contributed by atoms with van der Waals surface area (Å²) >= 11 is 0. The molecule has 0 radical (unpaired) electrons. The Bertz CT molecular complexity index is 361. The van der Waals surface area contributed by atoms with E-state index in [1.54, 1.807) is 12.1 Å². The standard InChI is InChI=1S/C13H15FO2/c1-2-9-7-8-16-13(15)12(9)10-3-5-11(14)6-4-10/h2-6,9,12-13,15H,1,7-8H2. The summed E-state index contributed by atoms with van der Waals surface area (Å²) in [6.07, 6.45) is 1.84. The van der Waals surface area contributed by atoms with Crippen molar-refractivity contribution >= 4 is 0 Å². The normalized spacial score (nSPS) is 30.0. The van der Waals surface area contributed by atoms with Crippen LogP contribution in [0.2, 0.25) is 0 Å². The summed E-state index contributed by atoms with van der Waals surface area (Å²) in [6, 6.07) is 6.18. The van der Waals surface area contributed by atoms with E-state index in [1.165, 1.54) is 12.1 Å². The maximum absolute atomic E-state index is 12.8. The van der Waals surface area contributed by atoms with Crippen LogP contribution >= 0.6 is 0 Å². The van der Waals surface area contributed by atoms with Crippen LogP contribution in [0.4, 0.5) is 4.39 Å². The molecular formula is C13H15FO2. The number of aliphatic hydroxyl groups excluding tert-OH is 1. The van der Waals surface area contributed by atoms with Gasteiger partial charge in [-0.3, -0.25) is 0 Å². The number of halogens is 1. The Morgan fingerprint density at radius 1 is 1.38 bits per heavy atom. The van der Waals surface area contributed by atoms with Crippen molar-refractivity contribution in [2.75, 3.05) is 6.61 Å². The smallest absolute Gasteiger partial charge is 0.161 e. The zero-order valence-electron chi connectivity index (χ0n) is 8.97. The summed E-state index contributed by atoms with van der Waals surface area (Å²) < 4.78 is 18.0. The predicted molar refractivity (Wildman–Crippen MR) is 59.4 cm³/mol. The molecule has 1 aromatic carbocycles. The topological polar surface area (TPSA) is 29.5 Å². The fourth-order valence-electron chi connectivity index (χ4n) is 2.18. The van der Waals surface area contributed by atoms with Crippen molar-refractivity contribution < 1.29 is 14.2 Å². The van der Waals surface area contributed by atoms with Crippen molar-refractivity contribution in [1.29, 1.82) is 0 Å². The van der Waals surface area contributed by atoms with Gasteiger partial charge >= 0.3 is 0 Å². The highest BCUT2D eigenvalue weighted by molar-refractivity contribution is 5.23. The minimum Gasteiger partial charge on any atom is -0.367 e. The van der Waals surface area contributed by atoms with Gasteiger partial charge in [0.2, 0.25) is 0 Å². The molecule has 1 fully saturated rings. The van der Waals surface area contributed by atoms with Crippen molar-refractivity contribution in [3.05, 3.63) is 48.3 Å². The Morgan fingerprint density at radius 3 is 2.69 bits per heavy atom. The van der Waals surface area contributed by atoms with E-state index in [4.69, 9.17) is 4.74 Å². The molecule has 1 aromatic rings. The van der Waals surface area contributed by atoms with Crippen molar-refractivity contribution in [2.24, 2.45) is 5.92 Å². The summed E-state index contributed by atoms with van der Waals surface area (Å²) in [5, 5.41) is 9.83. The van der Waals surface area contributed by atoms with Gasteiger partial charge in [-0.1, -0.05) is 18.2 Å². The molecular weight excluding hydrogens is 207 g/mol. The van der Waals surface area contributed by atoms with E-state index in [9.17, 15) is 9.50 Å². The molecule has 2 rings (SSSR count). The van der Waals surface area contributed by atoms with Gasteiger partial charge in [0.1, 0.15) is 5.82 Å². The molecule has 1 N–H and O–H groups in total.